The van der Waals surface area contributed by atoms with E-state index in [0.29, 0.717) is 6.10 Å². The van der Waals surface area contributed by atoms with Gasteiger partial charge in [-0.05, 0) is 52.0 Å². The van der Waals surface area contributed by atoms with E-state index in [1.54, 1.807) is 0 Å². The van der Waals surface area contributed by atoms with Gasteiger partial charge < -0.3 is 10.1 Å². The predicted molar refractivity (Wildman–Crippen MR) is 69.2 cm³/mol. The van der Waals surface area contributed by atoms with Crippen LogP contribution < -0.4 is 5.32 Å². The van der Waals surface area contributed by atoms with Crippen LogP contribution in [0.1, 0.15) is 44.9 Å². The van der Waals surface area contributed by atoms with Gasteiger partial charge >= 0.3 is 0 Å². The van der Waals surface area contributed by atoms with E-state index in [2.05, 4.69) is 17.3 Å². The molecule has 3 fully saturated rings. The van der Waals surface area contributed by atoms with Crippen LogP contribution in [-0.2, 0) is 4.74 Å². The minimum absolute atomic E-state index is 0.529. The molecule has 1 saturated carbocycles. The molecule has 0 aromatic carbocycles. The molecule has 0 aromatic heterocycles. The van der Waals surface area contributed by atoms with Crippen molar-refractivity contribution in [3.8, 4) is 0 Å². The van der Waals surface area contributed by atoms with Crippen molar-refractivity contribution >= 4 is 0 Å². The van der Waals surface area contributed by atoms with E-state index in [1.807, 2.05) is 7.11 Å². The number of piperidine rings is 1. The first-order chi connectivity index (χ1) is 8.31. The van der Waals surface area contributed by atoms with E-state index in [4.69, 9.17) is 4.74 Å². The summed E-state index contributed by atoms with van der Waals surface area (Å²) >= 11 is 0. The van der Waals surface area contributed by atoms with Crippen LogP contribution in [0.25, 0.3) is 0 Å². The molecule has 0 radical (unpaired) electrons. The Morgan fingerprint density at radius 3 is 2.06 bits per heavy atom. The molecule has 0 spiro atoms. The van der Waals surface area contributed by atoms with Crippen molar-refractivity contribution in [1.82, 2.24) is 10.2 Å². The average molecular weight is 238 g/mol. The van der Waals surface area contributed by atoms with E-state index in [0.717, 1.165) is 24.2 Å². The number of ether oxygens (including phenoxy) is 1. The minimum atomic E-state index is 0.529. The lowest BCUT2D eigenvalue weighted by atomic mass is 9.95. The van der Waals surface area contributed by atoms with Gasteiger partial charge in [0.1, 0.15) is 0 Å². The van der Waals surface area contributed by atoms with Crippen LogP contribution in [-0.4, -0.2) is 49.3 Å². The second-order valence-electron chi connectivity index (χ2n) is 6.11. The van der Waals surface area contributed by atoms with Crippen molar-refractivity contribution in [3.05, 3.63) is 0 Å². The molecule has 0 amide bonds. The number of hydrogen-bond donors (Lipinski definition) is 1. The molecule has 4 unspecified atom stereocenters. The Morgan fingerprint density at radius 1 is 0.941 bits per heavy atom. The van der Waals surface area contributed by atoms with Crippen LogP contribution >= 0.6 is 0 Å². The van der Waals surface area contributed by atoms with Crippen molar-refractivity contribution in [2.45, 2.75) is 75.2 Å². The maximum Gasteiger partial charge on any atom is 0.0586 e. The van der Waals surface area contributed by atoms with Crippen molar-refractivity contribution in [2.24, 2.45) is 0 Å². The van der Waals surface area contributed by atoms with Crippen molar-refractivity contribution < 1.29 is 4.74 Å². The highest BCUT2D eigenvalue weighted by Crippen LogP contribution is 2.41. The molecule has 3 aliphatic rings. The molecule has 17 heavy (non-hydrogen) atoms. The third-order valence-electron chi connectivity index (χ3n) is 5.31. The second-order valence-corrected chi connectivity index (χ2v) is 6.11. The second kappa shape index (κ2) is 4.87. The smallest absolute Gasteiger partial charge is 0.0586 e. The molecule has 4 atom stereocenters. The molecule has 0 aromatic rings. The zero-order chi connectivity index (χ0) is 11.8. The number of nitrogens with one attached hydrogen (secondary N) is 1. The Balaban J connectivity index is 1.65. The highest BCUT2D eigenvalue weighted by atomic mass is 16.5. The number of nitrogens with zero attached hydrogens (tertiary/aromatic N) is 1. The minimum Gasteiger partial charge on any atom is -0.381 e. The Hall–Kier alpha value is -0.120. The van der Waals surface area contributed by atoms with Gasteiger partial charge in [-0.2, -0.15) is 0 Å². The first-order valence-electron chi connectivity index (χ1n) is 7.29. The molecule has 98 valence electrons. The van der Waals surface area contributed by atoms with Crippen LogP contribution in [0.15, 0.2) is 0 Å². The van der Waals surface area contributed by atoms with Crippen LogP contribution in [0.3, 0.4) is 0 Å². The fourth-order valence-corrected chi connectivity index (χ4v) is 4.45. The molecular weight excluding hydrogens is 212 g/mol. The van der Waals surface area contributed by atoms with Gasteiger partial charge in [0, 0.05) is 31.3 Å². The number of hydrogen-bond acceptors (Lipinski definition) is 3. The van der Waals surface area contributed by atoms with Gasteiger partial charge in [0.25, 0.3) is 0 Å². The van der Waals surface area contributed by atoms with Gasteiger partial charge in [-0.3, -0.25) is 4.90 Å². The molecule has 2 aliphatic heterocycles. The summed E-state index contributed by atoms with van der Waals surface area (Å²) in [6.45, 7) is 0. The molecule has 2 saturated heterocycles. The number of rotatable bonds is 3. The number of methoxy groups -OCH3 is 1. The third-order valence-corrected chi connectivity index (χ3v) is 5.31. The van der Waals surface area contributed by atoms with Gasteiger partial charge in [0.15, 0.2) is 0 Å². The Kier molecular flexibility index (Phi) is 3.42. The third kappa shape index (κ3) is 2.13. The zero-order valence-electron chi connectivity index (χ0n) is 11.2. The lowest BCUT2D eigenvalue weighted by Gasteiger charge is -2.42. The Morgan fingerprint density at radius 2 is 1.53 bits per heavy atom. The summed E-state index contributed by atoms with van der Waals surface area (Å²) in [4.78, 5) is 2.87. The monoisotopic (exact) mass is 238 g/mol. The topological polar surface area (TPSA) is 24.5 Å². The van der Waals surface area contributed by atoms with Gasteiger partial charge in [-0.15, -0.1) is 0 Å². The quantitative estimate of drug-likeness (QED) is 0.811. The van der Waals surface area contributed by atoms with Gasteiger partial charge in [-0.25, -0.2) is 0 Å². The highest BCUT2D eigenvalue weighted by Gasteiger charge is 2.45. The van der Waals surface area contributed by atoms with E-state index in [1.165, 1.54) is 44.9 Å². The number of fused-ring (bicyclic) bond motifs is 2. The summed E-state index contributed by atoms with van der Waals surface area (Å²) in [6.07, 6.45) is 10.0. The predicted octanol–water partition coefficient (Wildman–Crippen LogP) is 1.77. The molecule has 3 nitrogen and oxygen atoms in total. The van der Waals surface area contributed by atoms with Gasteiger partial charge in [-0.1, -0.05) is 0 Å². The van der Waals surface area contributed by atoms with Crippen molar-refractivity contribution in [3.63, 3.8) is 0 Å². The largest absolute Gasteiger partial charge is 0.381 e. The summed E-state index contributed by atoms with van der Waals surface area (Å²) in [5.41, 5.74) is 0. The summed E-state index contributed by atoms with van der Waals surface area (Å²) in [7, 11) is 3.99. The lowest BCUT2D eigenvalue weighted by molar-refractivity contribution is 0.0561. The van der Waals surface area contributed by atoms with E-state index < -0.39 is 0 Å². The van der Waals surface area contributed by atoms with Crippen LogP contribution in [0.2, 0.25) is 0 Å². The highest BCUT2D eigenvalue weighted by molar-refractivity contribution is 5.01. The summed E-state index contributed by atoms with van der Waals surface area (Å²) in [6, 6.07) is 3.29. The molecule has 1 N–H and O–H groups in total. The Labute approximate surface area is 105 Å². The average Bonchev–Trinajstić information content (AvgIpc) is 2.91. The van der Waals surface area contributed by atoms with Crippen LogP contribution in [0.5, 0.6) is 0 Å². The molecule has 3 heteroatoms. The normalized spacial score (nSPS) is 46.6. The van der Waals surface area contributed by atoms with E-state index in [-0.39, 0.29) is 0 Å². The van der Waals surface area contributed by atoms with E-state index in [9.17, 15) is 0 Å². The Bertz CT molecular complexity index is 257. The van der Waals surface area contributed by atoms with Crippen molar-refractivity contribution in [1.29, 1.82) is 0 Å². The summed E-state index contributed by atoms with van der Waals surface area (Å²) in [5.74, 6) is 0. The van der Waals surface area contributed by atoms with Crippen LogP contribution in [0, 0.1) is 0 Å². The molecule has 1 aliphatic carbocycles. The van der Waals surface area contributed by atoms with Crippen LogP contribution in [0.4, 0.5) is 0 Å². The lowest BCUT2D eigenvalue weighted by Crippen LogP contribution is -2.52. The standard InChI is InChI=1S/C14H26N2O/c1-15-10-7-11-3-4-12(8-10)16(11)13-5-6-14(9-13)17-2/h10-15H,3-9H2,1-2H3. The first kappa shape index (κ1) is 11.9. The molecule has 2 heterocycles. The molecule has 3 rings (SSSR count). The maximum absolute atomic E-state index is 5.53. The molecular formula is C14H26N2O. The first-order valence-corrected chi connectivity index (χ1v) is 7.29. The SMILES string of the molecule is CNC1CC2CCC(C1)N2C1CCC(OC)C1. The summed E-state index contributed by atoms with van der Waals surface area (Å²) in [5, 5.41) is 3.48. The van der Waals surface area contributed by atoms with Gasteiger partial charge in [0.05, 0.1) is 6.10 Å². The maximum atomic E-state index is 5.53. The molecule has 2 bridgehead atoms. The fraction of sp³-hybridized carbons (Fsp3) is 1.00. The van der Waals surface area contributed by atoms with E-state index >= 15 is 0 Å². The van der Waals surface area contributed by atoms with Gasteiger partial charge in [0.2, 0.25) is 0 Å². The zero-order valence-corrected chi connectivity index (χ0v) is 11.2. The summed E-state index contributed by atoms with van der Waals surface area (Å²) < 4.78 is 5.53. The fourth-order valence-electron chi connectivity index (χ4n) is 4.45. The van der Waals surface area contributed by atoms with Crippen molar-refractivity contribution in [2.75, 3.05) is 14.2 Å².